The van der Waals surface area contributed by atoms with Gasteiger partial charge in [0.15, 0.2) is 5.89 Å². The van der Waals surface area contributed by atoms with Gasteiger partial charge in [-0.25, -0.2) is 9.78 Å². The molecule has 1 aromatic heterocycles. The minimum absolute atomic E-state index is 0.0272. The van der Waals surface area contributed by atoms with Gasteiger partial charge in [0.2, 0.25) is 5.76 Å². The highest BCUT2D eigenvalue weighted by Gasteiger charge is 2.25. The van der Waals surface area contributed by atoms with Crippen molar-refractivity contribution in [3.8, 4) is 0 Å². The average molecular weight is 209 g/mol. The summed E-state index contributed by atoms with van der Waals surface area (Å²) >= 11 is 0. The van der Waals surface area contributed by atoms with Crippen LogP contribution in [-0.2, 0) is 6.42 Å². The maximum Gasteiger partial charge on any atom is 0.373 e. The van der Waals surface area contributed by atoms with Crippen molar-refractivity contribution in [2.45, 2.75) is 44.9 Å². The lowest BCUT2D eigenvalue weighted by molar-refractivity contribution is 0.0658. The molecule has 0 aromatic carbocycles. The third kappa shape index (κ3) is 1.89. The molecule has 4 heteroatoms. The van der Waals surface area contributed by atoms with Gasteiger partial charge in [0.1, 0.15) is 0 Å². The molecule has 1 aromatic rings. The second kappa shape index (κ2) is 4.04. The molecule has 0 spiro atoms. The molecule has 1 aliphatic rings. The van der Waals surface area contributed by atoms with Crippen LogP contribution in [0, 0.1) is 0 Å². The van der Waals surface area contributed by atoms with Crippen LogP contribution < -0.4 is 0 Å². The van der Waals surface area contributed by atoms with E-state index in [-0.39, 0.29) is 5.76 Å². The fourth-order valence-electron chi connectivity index (χ4n) is 2.12. The average Bonchev–Trinajstić information content (AvgIpc) is 2.86. The highest BCUT2D eigenvalue weighted by atomic mass is 16.4. The van der Waals surface area contributed by atoms with Gasteiger partial charge in [0.25, 0.3) is 0 Å². The van der Waals surface area contributed by atoms with Gasteiger partial charge < -0.3 is 9.52 Å². The van der Waals surface area contributed by atoms with Crippen molar-refractivity contribution in [1.29, 1.82) is 0 Å². The molecule has 0 amide bonds. The van der Waals surface area contributed by atoms with Crippen LogP contribution >= 0.6 is 0 Å². The second-order valence-electron chi connectivity index (χ2n) is 3.97. The normalized spacial score (nSPS) is 17.1. The van der Waals surface area contributed by atoms with E-state index in [0.29, 0.717) is 23.9 Å². The van der Waals surface area contributed by atoms with Crippen LogP contribution in [0.25, 0.3) is 0 Å². The molecule has 1 aliphatic carbocycles. The number of carbonyl (C=O) groups is 1. The summed E-state index contributed by atoms with van der Waals surface area (Å²) in [6.07, 6.45) is 5.14. The first-order chi connectivity index (χ1) is 7.22. The van der Waals surface area contributed by atoms with Gasteiger partial charge in [0.05, 0.1) is 5.69 Å². The number of rotatable bonds is 3. The number of nitrogens with zero attached hydrogens (tertiary/aromatic N) is 1. The molecular formula is C11H15NO3. The quantitative estimate of drug-likeness (QED) is 0.831. The Morgan fingerprint density at radius 2 is 2.20 bits per heavy atom. The van der Waals surface area contributed by atoms with Gasteiger partial charge in [-0.1, -0.05) is 19.8 Å². The lowest BCUT2D eigenvalue weighted by atomic mass is 10.1. The molecule has 1 N–H and O–H groups in total. The van der Waals surface area contributed by atoms with E-state index in [0.717, 1.165) is 12.8 Å². The number of carboxylic acid groups (broad SMARTS) is 1. The van der Waals surface area contributed by atoms with E-state index in [1.807, 2.05) is 6.92 Å². The zero-order valence-corrected chi connectivity index (χ0v) is 8.82. The molecule has 1 saturated carbocycles. The highest BCUT2D eigenvalue weighted by molar-refractivity contribution is 5.85. The second-order valence-corrected chi connectivity index (χ2v) is 3.97. The summed E-state index contributed by atoms with van der Waals surface area (Å²) in [5, 5.41) is 8.92. The fraction of sp³-hybridized carbons (Fsp3) is 0.636. The summed E-state index contributed by atoms with van der Waals surface area (Å²) in [6, 6.07) is 0. The summed E-state index contributed by atoms with van der Waals surface area (Å²) < 4.78 is 5.34. The Morgan fingerprint density at radius 1 is 1.53 bits per heavy atom. The van der Waals surface area contributed by atoms with Crippen molar-refractivity contribution in [2.75, 3.05) is 0 Å². The van der Waals surface area contributed by atoms with Crippen LogP contribution in [0.5, 0.6) is 0 Å². The number of oxazole rings is 1. The van der Waals surface area contributed by atoms with E-state index in [4.69, 9.17) is 9.52 Å². The topological polar surface area (TPSA) is 63.3 Å². The van der Waals surface area contributed by atoms with E-state index in [2.05, 4.69) is 4.98 Å². The van der Waals surface area contributed by atoms with Gasteiger partial charge in [0, 0.05) is 5.92 Å². The monoisotopic (exact) mass is 209 g/mol. The van der Waals surface area contributed by atoms with E-state index < -0.39 is 5.97 Å². The summed E-state index contributed by atoms with van der Waals surface area (Å²) in [6.45, 7) is 1.89. The lowest BCUT2D eigenvalue weighted by Gasteiger charge is -2.00. The molecule has 1 fully saturated rings. The first-order valence-corrected chi connectivity index (χ1v) is 5.45. The molecule has 1 heterocycles. The van der Waals surface area contributed by atoms with Crippen molar-refractivity contribution in [1.82, 2.24) is 4.98 Å². The molecule has 0 atom stereocenters. The first kappa shape index (κ1) is 10.2. The van der Waals surface area contributed by atoms with Crippen LogP contribution in [0.4, 0.5) is 0 Å². The van der Waals surface area contributed by atoms with Crippen molar-refractivity contribution < 1.29 is 14.3 Å². The molecule has 0 unspecified atom stereocenters. The van der Waals surface area contributed by atoms with E-state index >= 15 is 0 Å². The third-order valence-corrected chi connectivity index (χ3v) is 2.95. The summed E-state index contributed by atoms with van der Waals surface area (Å²) in [7, 11) is 0. The molecule has 0 bridgehead atoms. The van der Waals surface area contributed by atoms with Gasteiger partial charge in [-0.2, -0.15) is 0 Å². The summed E-state index contributed by atoms with van der Waals surface area (Å²) in [5.41, 5.74) is 0.574. The van der Waals surface area contributed by atoms with Crippen molar-refractivity contribution in [3.63, 3.8) is 0 Å². The Balaban J connectivity index is 2.29. The Morgan fingerprint density at radius 3 is 2.67 bits per heavy atom. The van der Waals surface area contributed by atoms with Crippen molar-refractivity contribution in [2.24, 2.45) is 0 Å². The smallest absolute Gasteiger partial charge is 0.373 e. The van der Waals surface area contributed by atoms with E-state index in [1.165, 1.54) is 12.8 Å². The maximum absolute atomic E-state index is 10.9. The minimum Gasteiger partial charge on any atom is -0.475 e. The predicted molar refractivity (Wildman–Crippen MR) is 54.0 cm³/mol. The zero-order valence-electron chi connectivity index (χ0n) is 8.82. The Bertz CT molecular complexity index is 364. The number of hydrogen-bond donors (Lipinski definition) is 1. The predicted octanol–water partition coefficient (Wildman–Crippen LogP) is 2.59. The molecule has 15 heavy (non-hydrogen) atoms. The van der Waals surface area contributed by atoms with Gasteiger partial charge in [-0.15, -0.1) is 0 Å². The Labute approximate surface area is 88.3 Å². The molecular weight excluding hydrogens is 194 g/mol. The van der Waals surface area contributed by atoms with Gasteiger partial charge >= 0.3 is 5.97 Å². The molecule has 82 valence electrons. The highest BCUT2D eigenvalue weighted by Crippen LogP contribution is 2.34. The summed E-state index contributed by atoms with van der Waals surface area (Å²) in [5.74, 6) is -0.0202. The lowest BCUT2D eigenvalue weighted by Crippen LogP contribution is -1.98. The van der Waals surface area contributed by atoms with Crippen LogP contribution in [-0.4, -0.2) is 16.1 Å². The molecule has 2 rings (SSSR count). The molecule has 0 radical (unpaired) electrons. The number of aryl methyl sites for hydroxylation is 1. The molecule has 0 saturated heterocycles. The van der Waals surface area contributed by atoms with Crippen LogP contribution in [0.2, 0.25) is 0 Å². The minimum atomic E-state index is -1.01. The number of aromatic carboxylic acids is 1. The van der Waals surface area contributed by atoms with Crippen LogP contribution in [0.3, 0.4) is 0 Å². The molecule has 0 aliphatic heterocycles. The van der Waals surface area contributed by atoms with Crippen LogP contribution in [0.15, 0.2) is 4.42 Å². The maximum atomic E-state index is 10.9. The largest absolute Gasteiger partial charge is 0.475 e. The van der Waals surface area contributed by atoms with Crippen molar-refractivity contribution >= 4 is 5.97 Å². The third-order valence-electron chi connectivity index (χ3n) is 2.95. The van der Waals surface area contributed by atoms with Crippen LogP contribution in [0.1, 0.15) is 60.7 Å². The number of carboxylic acids is 1. The number of hydrogen-bond acceptors (Lipinski definition) is 3. The van der Waals surface area contributed by atoms with Gasteiger partial charge in [-0.05, 0) is 19.3 Å². The first-order valence-electron chi connectivity index (χ1n) is 5.45. The number of aromatic nitrogens is 1. The fourth-order valence-corrected chi connectivity index (χ4v) is 2.12. The molecule has 4 nitrogen and oxygen atoms in total. The Kier molecular flexibility index (Phi) is 2.75. The Hall–Kier alpha value is -1.32. The SMILES string of the molecule is CCc1nc(C2CCCC2)oc1C(=O)O. The summed E-state index contributed by atoms with van der Waals surface area (Å²) in [4.78, 5) is 15.2. The van der Waals surface area contributed by atoms with E-state index in [9.17, 15) is 4.79 Å². The van der Waals surface area contributed by atoms with Crippen molar-refractivity contribution in [3.05, 3.63) is 17.3 Å². The standard InChI is InChI=1S/C11H15NO3/c1-2-8-9(11(13)14)15-10(12-8)7-5-3-4-6-7/h7H,2-6H2,1H3,(H,13,14). The van der Waals surface area contributed by atoms with Gasteiger partial charge in [-0.3, -0.25) is 0 Å². The zero-order chi connectivity index (χ0) is 10.8. The van der Waals surface area contributed by atoms with E-state index in [1.54, 1.807) is 0 Å².